The zero-order valence-electron chi connectivity index (χ0n) is 9.38. The fraction of sp³-hybridized carbons (Fsp3) is 0.538. The Kier molecular flexibility index (Phi) is 4.15. The van der Waals surface area contributed by atoms with Gasteiger partial charge < -0.3 is 5.11 Å². The van der Waals surface area contributed by atoms with Crippen LogP contribution < -0.4 is 0 Å². The molecule has 0 radical (unpaired) electrons. The maximum Gasteiger partial charge on any atom is 0.0681 e. The molecule has 0 aromatic rings. The first-order valence-corrected chi connectivity index (χ1v) is 5.38. The predicted octanol–water partition coefficient (Wildman–Crippen LogP) is 3.23. The number of hydrogen-bond acceptors (Lipinski definition) is 1. The van der Waals surface area contributed by atoms with Crippen LogP contribution in [0.4, 0.5) is 0 Å². The lowest BCUT2D eigenvalue weighted by atomic mass is 9.95. The third-order valence-electron chi connectivity index (χ3n) is 2.85. The Hall–Kier alpha value is -0.820. The van der Waals surface area contributed by atoms with Crippen LogP contribution in [-0.2, 0) is 0 Å². The molecule has 1 rings (SSSR count). The molecule has 1 heteroatoms. The third kappa shape index (κ3) is 2.58. The van der Waals surface area contributed by atoms with E-state index in [0.29, 0.717) is 5.92 Å². The van der Waals surface area contributed by atoms with Crippen molar-refractivity contribution in [2.45, 2.75) is 33.6 Å². The maximum absolute atomic E-state index is 9.13. The minimum absolute atomic E-state index is 0.143. The summed E-state index contributed by atoms with van der Waals surface area (Å²) in [6.45, 7) is 6.73. The molecule has 0 heterocycles. The van der Waals surface area contributed by atoms with E-state index >= 15 is 0 Å². The molecular weight excluding hydrogens is 172 g/mol. The van der Waals surface area contributed by atoms with E-state index in [1.807, 2.05) is 6.08 Å². The van der Waals surface area contributed by atoms with Crippen LogP contribution in [0.2, 0.25) is 0 Å². The number of allylic oxidation sites excluding steroid dienone is 4. The molecule has 1 aliphatic carbocycles. The van der Waals surface area contributed by atoms with Gasteiger partial charge in [0.1, 0.15) is 0 Å². The van der Waals surface area contributed by atoms with Crippen LogP contribution in [0.15, 0.2) is 34.9 Å². The first-order chi connectivity index (χ1) is 6.69. The van der Waals surface area contributed by atoms with Gasteiger partial charge in [-0.25, -0.2) is 0 Å². The first kappa shape index (κ1) is 11.3. The van der Waals surface area contributed by atoms with Crippen molar-refractivity contribution in [3.8, 4) is 0 Å². The van der Waals surface area contributed by atoms with Gasteiger partial charge in [0.2, 0.25) is 0 Å². The second kappa shape index (κ2) is 5.16. The van der Waals surface area contributed by atoms with E-state index in [4.69, 9.17) is 5.11 Å². The molecule has 0 aromatic carbocycles. The standard InChI is InChI=1S/C13H20O/c1-4-5-13-8-12(9-14)7-6-10(2)11(13)3/h6-8,10,14H,4-5,9H2,1-3H3. The number of aliphatic hydroxyl groups excluding tert-OH is 1. The minimum atomic E-state index is 0.143. The molecule has 0 amide bonds. The molecule has 0 bridgehead atoms. The minimum Gasteiger partial charge on any atom is -0.392 e. The monoisotopic (exact) mass is 192 g/mol. The van der Waals surface area contributed by atoms with Gasteiger partial charge in [0.15, 0.2) is 0 Å². The summed E-state index contributed by atoms with van der Waals surface area (Å²) in [5.74, 6) is 0.497. The summed E-state index contributed by atoms with van der Waals surface area (Å²) in [7, 11) is 0. The second-order valence-corrected chi connectivity index (χ2v) is 3.98. The molecule has 1 N–H and O–H groups in total. The normalized spacial score (nSPS) is 22.3. The fourth-order valence-electron chi connectivity index (χ4n) is 1.73. The Labute approximate surface area is 86.8 Å². The van der Waals surface area contributed by atoms with Crippen LogP contribution in [0.1, 0.15) is 33.6 Å². The molecule has 0 aliphatic heterocycles. The van der Waals surface area contributed by atoms with Gasteiger partial charge in [-0.3, -0.25) is 0 Å². The molecule has 1 atom stereocenters. The molecule has 1 nitrogen and oxygen atoms in total. The van der Waals surface area contributed by atoms with Gasteiger partial charge in [0, 0.05) is 0 Å². The molecule has 14 heavy (non-hydrogen) atoms. The van der Waals surface area contributed by atoms with Crippen LogP contribution in [0, 0.1) is 5.92 Å². The average Bonchev–Trinajstić information content (AvgIpc) is 2.32. The Balaban J connectivity index is 2.99. The van der Waals surface area contributed by atoms with E-state index < -0.39 is 0 Å². The van der Waals surface area contributed by atoms with Crippen molar-refractivity contribution in [2.75, 3.05) is 6.61 Å². The van der Waals surface area contributed by atoms with Crippen LogP contribution in [0.25, 0.3) is 0 Å². The largest absolute Gasteiger partial charge is 0.392 e. The molecule has 1 aliphatic rings. The topological polar surface area (TPSA) is 20.2 Å². The molecule has 0 aromatic heterocycles. The smallest absolute Gasteiger partial charge is 0.0681 e. The number of hydrogen-bond donors (Lipinski definition) is 1. The van der Waals surface area contributed by atoms with Gasteiger partial charge in [-0.15, -0.1) is 0 Å². The van der Waals surface area contributed by atoms with Crippen molar-refractivity contribution in [1.29, 1.82) is 0 Å². The SMILES string of the molecule is CCCC1=C(C)C(C)C=CC(CO)=C1. The van der Waals surface area contributed by atoms with Gasteiger partial charge in [-0.05, 0) is 30.4 Å². The van der Waals surface area contributed by atoms with Crippen molar-refractivity contribution in [2.24, 2.45) is 5.92 Å². The van der Waals surface area contributed by atoms with E-state index in [1.54, 1.807) is 0 Å². The van der Waals surface area contributed by atoms with Gasteiger partial charge in [-0.2, -0.15) is 0 Å². The van der Waals surface area contributed by atoms with E-state index in [2.05, 4.69) is 32.9 Å². The fourth-order valence-corrected chi connectivity index (χ4v) is 1.73. The Morgan fingerprint density at radius 3 is 2.71 bits per heavy atom. The summed E-state index contributed by atoms with van der Waals surface area (Å²) in [5.41, 5.74) is 3.86. The molecule has 0 saturated heterocycles. The molecular formula is C13H20O. The lowest BCUT2D eigenvalue weighted by molar-refractivity contribution is 0.335. The van der Waals surface area contributed by atoms with Crippen molar-refractivity contribution in [3.05, 3.63) is 34.9 Å². The van der Waals surface area contributed by atoms with Crippen molar-refractivity contribution < 1.29 is 5.11 Å². The van der Waals surface area contributed by atoms with Crippen molar-refractivity contribution in [3.63, 3.8) is 0 Å². The zero-order valence-corrected chi connectivity index (χ0v) is 9.38. The van der Waals surface area contributed by atoms with E-state index in [0.717, 1.165) is 18.4 Å². The number of aliphatic hydroxyl groups is 1. The summed E-state index contributed by atoms with van der Waals surface area (Å²) in [6.07, 6.45) is 8.62. The third-order valence-corrected chi connectivity index (χ3v) is 2.85. The van der Waals surface area contributed by atoms with Gasteiger partial charge in [0.25, 0.3) is 0 Å². The highest BCUT2D eigenvalue weighted by Gasteiger charge is 2.09. The van der Waals surface area contributed by atoms with E-state index in [1.165, 1.54) is 11.1 Å². The summed E-state index contributed by atoms with van der Waals surface area (Å²) in [6, 6.07) is 0. The molecule has 0 spiro atoms. The number of rotatable bonds is 3. The Bertz CT molecular complexity index is 282. The van der Waals surface area contributed by atoms with Crippen LogP contribution in [-0.4, -0.2) is 11.7 Å². The predicted molar refractivity (Wildman–Crippen MR) is 61.1 cm³/mol. The first-order valence-electron chi connectivity index (χ1n) is 5.38. The lowest BCUT2D eigenvalue weighted by Crippen LogP contribution is -1.94. The zero-order chi connectivity index (χ0) is 10.6. The van der Waals surface area contributed by atoms with Gasteiger partial charge >= 0.3 is 0 Å². The molecule has 0 saturated carbocycles. The van der Waals surface area contributed by atoms with Gasteiger partial charge in [0.05, 0.1) is 6.61 Å². The maximum atomic E-state index is 9.13. The van der Waals surface area contributed by atoms with E-state index in [9.17, 15) is 0 Å². The highest BCUT2D eigenvalue weighted by atomic mass is 16.3. The van der Waals surface area contributed by atoms with Crippen molar-refractivity contribution >= 4 is 0 Å². The van der Waals surface area contributed by atoms with Gasteiger partial charge in [-0.1, -0.05) is 44.1 Å². The van der Waals surface area contributed by atoms with Crippen LogP contribution in [0.5, 0.6) is 0 Å². The van der Waals surface area contributed by atoms with Crippen molar-refractivity contribution in [1.82, 2.24) is 0 Å². The molecule has 78 valence electrons. The molecule has 1 unspecified atom stereocenters. The average molecular weight is 192 g/mol. The summed E-state index contributed by atoms with van der Waals surface area (Å²) in [5, 5.41) is 9.13. The summed E-state index contributed by atoms with van der Waals surface area (Å²) < 4.78 is 0. The van der Waals surface area contributed by atoms with E-state index in [-0.39, 0.29) is 6.61 Å². The Morgan fingerprint density at radius 2 is 2.14 bits per heavy atom. The second-order valence-electron chi connectivity index (χ2n) is 3.98. The van der Waals surface area contributed by atoms with Crippen LogP contribution >= 0.6 is 0 Å². The summed E-state index contributed by atoms with van der Waals surface area (Å²) >= 11 is 0. The highest BCUT2D eigenvalue weighted by molar-refractivity contribution is 5.38. The Morgan fingerprint density at radius 1 is 1.43 bits per heavy atom. The quantitative estimate of drug-likeness (QED) is 0.728. The molecule has 0 fully saturated rings. The van der Waals surface area contributed by atoms with Crippen LogP contribution in [0.3, 0.4) is 0 Å². The lowest BCUT2D eigenvalue weighted by Gasteiger charge is -2.10. The summed E-state index contributed by atoms with van der Waals surface area (Å²) in [4.78, 5) is 0. The highest BCUT2D eigenvalue weighted by Crippen LogP contribution is 2.25.